The molecule has 0 aliphatic heterocycles. The van der Waals surface area contributed by atoms with E-state index in [0.717, 1.165) is 10.0 Å². The van der Waals surface area contributed by atoms with E-state index in [9.17, 15) is 4.79 Å². The Kier molecular flexibility index (Phi) is 5.91. The Morgan fingerprint density at radius 3 is 2.88 bits per heavy atom. The number of carbonyl (C=O) groups excluding carboxylic acids is 1. The zero-order chi connectivity index (χ0) is 17.6. The summed E-state index contributed by atoms with van der Waals surface area (Å²) in [5.41, 5.74) is 3.98. The van der Waals surface area contributed by atoms with Crippen molar-refractivity contribution >= 4 is 28.1 Å². The monoisotopic (exact) mass is 403 g/mol. The van der Waals surface area contributed by atoms with Crippen molar-refractivity contribution in [1.82, 2.24) is 9.99 Å². The molecule has 1 aliphatic rings. The van der Waals surface area contributed by atoms with E-state index in [1.165, 1.54) is 39.2 Å². The van der Waals surface area contributed by atoms with Gasteiger partial charge in [0.1, 0.15) is 5.75 Å². The number of hydrogen-bond donors (Lipinski definition) is 1. The average Bonchev–Trinajstić information content (AvgIpc) is 3.11. The second-order valence-corrected chi connectivity index (χ2v) is 7.14. The smallest absolute Gasteiger partial charge is 0.275 e. The lowest BCUT2D eigenvalue weighted by Gasteiger charge is -2.23. The van der Waals surface area contributed by atoms with Crippen LogP contribution in [0.15, 0.2) is 46.2 Å². The van der Waals surface area contributed by atoms with Gasteiger partial charge in [-0.15, -0.1) is 0 Å². The first-order valence-corrected chi connectivity index (χ1v) is 9.31. The molecule has 1 aliphatic carbocycles. The van der Waals surface area contributed by atoms with Crippen molar-refractivity contribution in [2.24, 2.45) is 5.10 Å². The van der Waals surface area contributed by atoms with Crippen LogP contribution in [-0.2, 0) is 0 Å². The van der Waals surface area contributed by atoms with E-state index in [1.807, 2.05) is 12.1 Å². The maximum absolute atomic E-state index is 12.3. The molecule has 0 unspecified atom stereocenters. The van der Waals surface area contributed by atoms with Gasteiger partial charge in [0.05, 0.1) is 18.9 Å². The Morgan fingerprint density at radius 2 is 2.12 bits per heavy atom. The van der Waals surface area contributed by atoms with E-state index >= 15 is 0 Å². The van der Waals surface area contributed by atoms with Crippen LogP contribution in [0.2, 0.25) is 0 Å². The van der Waals surface area contributed by atoms with Gasteiger partial charge in [0.2, 0.25) is 0 Å². The standard InChI is InChI=1S/C19H22BrN3O2/c1-25-18-8-7-15(20)11-17(18)19(24)22-21-12-14-9-10-23(13-14)16-5-3-2-4-6-16/h7-13,16H,2-6H2,1H3,(H,22,24)/b21-12-. The summed E-state index contributed by atoms with van der Waals surface area (Å²) in [6, 6.07) is 7.89. The summed E-state index contributed by atoms with van der Waals surface area (Å²) in [7, 11) is 1.54. The molecule has 132 valence electrons. The number of aromatic nitrogens is 1. The highest BCUT2D eigenvalue weighted by atomic mass is 79.9. The van der Waals surface area contributed by atoms with Crippen LogP contribution < -0.4 is 10.2 Å². The predicted octanol–water partition coefficient (Wildman–Crippen LogP) is 4.53. The lowest BCUT2D eigenvalue weighted by atomic mass is 9.95. The quantitative estimate of drug-likeness (QED) is 0.588. The second kappa shape index (κ2) is 8.34. The van der Waals surface area contributed by atoms with Crippen molar-refractivity contribution in [2.75, 3.05) is 7.11 Å². The molecule has 1 heterocycles. The molecule has 1 N–H and O–H groups in total. The van der Waals surface area contributed by atoms with Gasteiger partial charge < -0.3 is 9.30 Å². The number of amides is 1. The molecule has 1 aromatic heterocycles. The SMILES string of the molecule is COc1ccc(Br)cc1C(=O)N/N=C\c1ccn(C2CCCCC2)c1. The van der Waals surface area contributed by atoms with Crippen LogP contribution in [0.3, 0.4) is 0 Å². The van der Waals surface area contributed by atoms with Gasteiger partial charge >= 0.3 is 0 Å². The van der Waals surface area contributed by atoms with Gasteiger partial charge in [-0.3, -0.25) is 4.79 Å². The lowest BCUT2D eigenvalue weighted by Crippen LogP contribution is -2.18. The molecule has 5 nitrogen and oxygen atoms in total. The summed E-state index contributed by atoms with van der Waals surface area (Å²) < 4.78 is 8.30. The number of halogens is 1. The van der Waals surface area contributed by atoms with Crippen LogP contribution in [0, 0.1) is 0 Å². The van der Waals surface area contributed by atoms with E-state index in [0.29, 0.717) is 17.4 Å². The van der Waals surface area contributed by atoms with Crippen molar-refractivity contribution in [3.05, 3.63) is 52.3 Å². The third-order valence-corrected chi connectivity index (χ3v) is 5.01. The molecule has 1 amide bonds. The Labute approximate surface area is 156 Å². The summed E-state index contributed by atoms with van der Waals surface area (Å²) in [6.45, 7) is 0. The minimum Gasteiger partial charge on any atom is -0.496 e. The Hall–Kier alpha value is -2.08. The molecule has 0 spiro atoms. The molecule has 0 saturated heterocycles. The number of ether oxygens (including phenoxy) is 1. The molecule has 0 radical (unpaired) electrons. The molecule has 1 aromatic carbocycles. The number of hydrogen-bond acceptors (Lipinski definition) is 3. The number of rotatable bonds is 5. The van der Waals surface area contributed by atoms with Crippen molar-refractivity contribution in [3.8, 4) is 5.75 Å². The summed E-state index contributed by atoms with van der Waals surface area (Å²) in [5.74, 6) is 0.209. The zero-order valence-corrected chi connectivity index (χ0v) is 15.8. The molecule has 0 bridgehead atoms. The summed E-state index contributed by atoms with van der Waals surface area (Å²) in [6.07, 6.45) is 12.3. The van der Waals surface area contributed by atoms with Crippen molar-refractivity contribution in [3.63, 3.8) is 0 Å². The Balaban J connectivity index is 1.62. The van der Waals surface area contributed by atoms with Gasteiger partial charge in [0.25, 0.3) is 5.91 Å². The highest BCUT2D eigenvalue weighted by Gasteiger charge is 2.15. The van der Waals surface area contributed by atoms with Crippen LogP contribution >= 0.6 is 15.9 Å². The average molecular weight is 404 g/mol. The molecule has 25 heavy (non-hydrogen) atoms. The summed E-state index contributed by atoms with van der Waals surface area (Å²) in [4.78, 5) is 12.3. The molecular weight excluding hydrogens is 382 g/mol. The van der Waals surface area contributed by atoms with Crippen LogP contribution in [0.4, 0.5) is 0 Å². The molecular formula is C19H22BrN3O2. The number of methoxy groups -OCH3 is 1. The summed E-state index contributed by atoms with van der Waals surface area (Å²) in [5, 5.41) is 4.07. The van der Waals surface area contributed by atoms with E-state index in [4.69, 9.17) is 4.74 Å². The fraction of sp³-hybridized carbons (Fsp3) is 0.368. The third-order valence-electron chi connectivity index (χ3n) is 4.52. The van der Waals surface area contributed by atoms with Crippen LogP contribution in [0.25, 0.3) is 0 Å². The zero-order valence-electron chi connectivity index (χ0n) is 14.2. The number of hydrazone groups is 1. The van der Waals surface area contributed by atoms with Gasteiger partial charge in [0, 0.05) is 28.5 Å². The minimum absolute atomic E-state index is 0.305. The van der Waals surface area contributed by atoms with Gasteiger partial charge in [-0.2, -0.15) is 5.10 Å². The van der Waals surface area contributed by atoms with Crippen molar-refractivity contribution in [1.29, 1.82) is 0 Å². The molecule has 3 rings (SSSR count). The number of carbonyl (C=O) groups is 1. The Morgan fingerprint density at radius 1 is 1.32 bits per heavy atom. The maximum Gasteiger partial charge on any atom is 0.275 e. The van der Waals surface area contributed by atoms with Crippen LogP contribution in [0.1, 0.15) is 54.1 Å². The fourth-order valence-electron chi connectivity index (χ4n) is 3.20. The maximum atomic E-state index is 12.3. The normalized spacial score (nSPS) is 15.4. The van der Waals surface area contributed by atoms with Gasteiger partial charge in [-0.1, -0.05) is 35.2 Å². The van der Waals surface area contributed by atoms with Crippen LogP contribution in [0.5, 0.6) is 5.75 Å². The summed E-state index contributed by atoms with van der Waals surface area (Å²) >= 11 is 3.36. The highest BCUT2D eigenvalue weighted by molar-refractivity contribution is 9.10. The molecule has 2 aromatic rings. The molecule has 0 atom stereocenters. The second-order valence-electron chi connectivity index (χ2n) is 6.23. The highest BCUT2D eigenvalue weighted by Crippen LogP contribution is 2.28. The molecule has 1 fully saturated rings. The largest absolute Gasteiger partial charge is 0.496 e. The van der Waals surface area contributed by atoms with E-state index in [-0.39, 0.29) is 5.91 Å². The van der Waals surface area contributed by atoms with Gasteiger partial charge in [0.15, 0.2) is 0 Å². The fourth-order valence-corrected chi connectivity index (χ4v) is 3.56. The topological polar surface area (TPSA) is 55.6 Å². The Bertz CT molecular complexity index is 764. The number of nitrogens with zero attached hydrogens (tertiary/aromatic N) is 2. The number of nitrogens with one attached hydrogen (secondary N) is 1. The van der Waals surface area contributed by atoms with Crippen molar-refractivity contribution in [2.45, 2.75) is 38.1 Å². The van der Waals surface area contributed by atoms with Crippen LogP contribution in [-0.4, -0.2) is 23.8 Å². The third kappa shape index (κ3) is 4.51. The first kappa shape index (κ1) is 17.7. The van der Waals surface area contributed by atoms with E-state index in [2.05, 4.69) is 43.4 Å². The molecule has 1 saturated carbocycles. The first-order chi connectivity index (χ1) is 12.2. The minimum atomic E-state index is -0.305. The van der Waals surface area contributed by atoms with E-state index < -0.39 is 0 Å². The first-order valence-electron chi connectivity index (χ1n) is 8.52. The predicted molar refractivity (Wildman–Crippen MR) is 102 cm³/mol. The van der Waals surface area contributed by atoms with Gasteiger partial charge in [-0.25, -0.2) is 5.43 Å². The molecule has 6 heteroatoms. The van der Waals surface area contributed by atoms with Gasteiger partial charge in [-0.05, 0) is 37.1 Å². The number of benzene rings is 1. The van der Waals surface area contributed by atoms with Crippen molar-refractivity contribution < 1.29 is 9.53 Å². The van der Waals surface area contributed by atoms with E-state index in [1.54, 1.807) is 18.3 Å². The lowest BCUT2D eigenvalue weighted by molar-refractivity contribution is 0.0952.